The normalized spacial score (nSPS) is 13.1. The van der Waals surface area contributed by atoms with Crippen molar-refractivity contribution < 1.29 is 27.8 Å². The number of benzene rings is 2. The first-order chi connectivity index (χ1) is 14.5. The molecule has 0 bridgehead atoms. The number of para-hydroxylation sites is 1. The van der Waals surface area contributed by atoms with E-state index < -0.39 is 6.61 Å². The molecule has 1 amide bonds. The van der Waals surface area contributed by atoms with E-state index in [4.69, 9.17) is 14.7 Å². The number of halogens is 2. The van der Waals surface area contributed by atoms with Crippen LogP contribution in [0, 0.1) is 11.3 Å². The predicted molar refractivity (Wildman–Crippen MR) is 107 cm³/mol. The minimum atomic E-state index is -2.97. The first-order valence-electron chi connectivity index (χ1n) is 9.27. The van der Waals surface area contributed by atoms with Crippen LogP contribution in [0.2, 0.25) is 0 Å². The van der Waals surface area contributed by atoms with E-state index in [9.17, 15) is 13.6 Å². The van der Waals surface area contributed by atoms with Gasteiger partial charge in [0.15, 0.2) is 18.1 Å². The minimum Gasteiger partial charge on any atom is -0.493 e. The van der Waals surface area contributed by atoms with Crippen LogP contribution in [0.5, 0.6) is 17.2 Å². The number of alkyl halides is 2. The lowest BCUT2D eigenvalue weighted by molar-refractivity contribution is -0.114. The smallest absolute Gasteiger partial charge is 0.387 e. The quantitative estimate of drug-likeness (QED) is 0.636. The van der Waals surface area contributed by atoms with Gasteiger partial charge in [0.05, 0.1) is 12.8 Å². The summed E-state index contributed by atoms with van der Waals surface area (Å²) < 4.78 is 40.7. The Morgan fingerprint density at radius 3 is 2.83 bits per heavy atom. The topological polar surface area (TPSA) is 71.8 Å². The summed E-state index contributed by atoms with van der Waals surface area (Å²) in [4.78, 5) is 14.3. The van der Waals surface area contributed by atoms with E-state index in [1.54, 1.807) is 30.3 Å². The monoisotopic (exact) mass is 414 g/mol. The highest BCUT2D eigenvalue weighted by Gasteiger charge is 2.26. The fraction of sp³-hybridized carbons (Fsp3) is 0.273. The highest BCUT2D eigenvalue weighted by atomic mass is 19.3. The molecule has 1 aliphatic rings. The second kappa shape index (κ2) is 9.74. The Hall–Kier alpha value is -3.60. The van der Waals surface area contributed by atoms with Gasteiger partial charge >= 0.3 is 6.61 Å². The predicted octanol–water partition coefficient (Wildman–Crippen LogP) is 4.19. The fourth-order valence-electron chi connectivity index (χ4n) is 3.30. The molecule has 0 radical (unpaired) electrons. The molecule has 0 spiro atoms. The van der Waals surface area contributed by atoms with E-state index in [-0.39, 0.29) is 18.3 Å². The molecule has 0 atom stereocenters. The lowest BCUT2D eigenvalue weighted by Crippen LogP contribution is -2.34. The van der Waals surface area contributed by atoms with Crippen LogP contribution in [0.15, 0.2) is 42.5 Å². The lowest BCUT2D eigenvalue weighted by Gasteiger charge is -2.30. The van der Waals surface area contributed by atoms with Gasteiger partial charge in [0.25, 0.3) is 5.91 Å². The van der Waals surface area contributed by atoms with Crippen molar-refractivity contribution >= 4 is 17.7 Å². The third-order valence-corrected chi connectivity index (χ3v) is 4.56. The summed E-state index contributed by atoms with van der Waals surface area (Å²) in [7, 11) is 1.47. The zero-order valence-electron chi connectivity index (χ0n) is 16.3. The Kier molecular flexibility index (Phi) is 6.86. The van der Waals surface area contributed by atoms with Crippen LogP contribution in [0.25, 0.3) is 6.08 Å². The molecular weight excluding hydrogens is 394 g/mol. The number of rotatable bonds is 7. The molecule has 2 aromatic rings. The summed E-state index contributed by atoms with van der Waals surface area (Å²) in [6.45, 7) is -2.67. The average molecular weight is 414 g/mol. The summed E-state index contributed by atoms with van der Waals surface area (Å²) in [5.74, 6) is 0.492. The Morgan fingerprint density at radius 1 is 1.27 bits per heavy atom. The molecular formula is C22H20F2N2O4. The van der Waals surface area contributed by atoms with Crippen molar-refractivity contribution in [3.8, 4) is 23.3 Å². The van der Waals surface area contributed by atoms with E-state index in [2.05, 4.69) is 4.74 Å². The summed E-state index contributed by atoms with van der Waals surface area (Å²) in [5, 5.41) is 8.63. The number of nitrogens with zero attached hydrogens (tertiary/aromatic N) is 2. The molecule has 3 rings (SSSR count). The number of amides is 1. The second-order valence-corrected chi connectivity index (χ2v) is 6.43. The van der Waals surface area contributed by atoms with E-state index in [0.717, 1.165) is 12.0 Å². The molecule has 0 N–H and O–H groups in total. The molecule has 8 heteroatoms. The van der Waals surface area contributed by atoms with Gasteiger partial charge in [-0.2, -0.15) is 14.0 Å². The Morgan fingerprint density at radius 2 is 2.10 bits per heavy atom. The highest BCUT2D eigenvalue weighted by molar-refractivity contribution is 6.05. The average Bonchev–Trinajstić information content (AvgIpc) is 2.75. The van der Waals surface area contributed by atoms with Gasteiger partial charge in [0, 0.05) is 12.6 Å². The van der Waals surface area contributed by atoms with Gasteiger partial charge in [-0.25, -0.2) is 0 Å². The van der Waals surface area contributed by atoms with Crippen LogP contribution >= 0.6 is 0 Å². The zero-order chi connectivity index (χ0) is 21.5. The van der Waals surface area contributed by atoms with E-state index >= 15 is 0 Å². The molecule has 156 valence electrons. The summed E-state index contributed by atoms with van der Waals surface area (Å²) >= 11 is 0. The maximum Gasteiger partial charge on any atom is 0.387 e. The number of hydrogen-bond acceptors (Lipinski definition) is 5. The van der Waals surface area contributed by atoms with Crippen molar-refractivity contribution in [2.45, 2.75) is 19.5 Å². The molecule has 30 heavy (non-hydrogen) atoms. The van der Waals surface area contributed by atoms with Crippen LogP contribution in [-0.4, -0.2) is 32.8 Å². The number of aryl methyl sites for hydroxylation is 1. The third kappa shape index (κ3) is 4.87. The van der Waals surface area contributed by atoms with Crippen LogP contribution in [0.3, 0.4) is 0 Å². The number of methoxy groups -OCH3 is 1. The van der Waals surface area contributed by atoms with Crippen LogP contribution in [0.1, 0.15) is 17.5 Å². The first kappa shape index (κ1) is 21.1. The molecule has 0 fully saturated rings. The molecule has 0 saturated heterocycles. The van der Waals surface area contributed by atoms with Crippen molar-refractivity contribution in [2.24, 2.45) is 0 Å². The standard InChI is InChI=1S/C22H20F2N2O4/c1-28-19-14-15(7-9-17(19)29-13-11-25)8-10-20(27)26-12-3-5-16-4-2-6-18(21(16)26)30-22(23)24/h2,4,6-10,14,22H,3,5,12-13H2,1H3/b10-8+. The fourth-order valence-corrected chi connectivity index (χ4v) is 3.30. The number of fused-ring (bicyclic) bond motifs is 1. The summed E-state index contributed by atoms with van der Waals surface area (Å²) in [6.07, 6.45) is 4.39. The molecule has 0 aromatic heterocycles. The summed E-state index contributed by atoms with van der Waals surface area (Å²) in [6, 6.07) is 11.8. The largest absolute Gasteiger partial charge is 0.493 e. The number of carbonyl (C=O) groups is 1. The Bertz CT molecular complexity index is 986. The van der Waals surface area contributed by atoms with Crippen molar-refractivity contribution in [3.05, 3.63) is 53.6 Å². The molecule has 0 unspecified atom stereocenters. The number of hydrogen-bond donors (Lipinski definition) is 0. The van der Waals surface area contributed by atoms with Gasteiger partial charge in [-0.15, -0.1) is 0 Å². The molecule has 0 aliphatic carbocycles. The molecule has 1 heterocycles. The number of carbonyl (C=O) groups excluding carboxylic acids is 1. The summed E-state index contributed by atoms with van der Waals surface area (Å²) in [5.41, 5.74) is 1.86. The minimum absolute atomic E-state index is 0.00962. The first-order valence-corrected chi connectivity index (χ1v) is 9.27. The third-order valence-electron chi connectivity index (χ3n) is 4.56. The van der Waals surface area contributed by atoms with E-state index in [1.165, 1.54) is 24.2 Å². The van der Waals surface area contributed by atoms with Gasteiger partial charge in [0.1, 0.15) is 11.8 Å². The number of ether oxygens (including phenoxy) is 3. The van der Waals surface area contributed by atoms with Gasteiger partial charge in [-0.05, 0) is 48.2 Å². The number of nitriles is 1. The van der Waals surface area contributed by atoms with Crippen LogP contribution in [-0.2, 0) is 11.2 Å². The maximum absolute atomic E-state index is 12.8. The highest BCUT2D eigenvalue weighted by Crippen LogP contribution is 2.37. The SMILES string of the molecule is COc1cc(/C=C/C(=O)N2CCCc3cccc(OC(F)F)c32)ccc1OCC#N. The van der Waals surface area contributed by atoms with Crippen molar-refractivity contribution in [1.29, 1.82) is 5.26 Å². The van der Waals surface area contributed by atoms with Gasteiger partial charge < -0.3 is 19.1 Å². The molecule has 0 saturated carbocycles. The van der Waals surface area contributed by atoms with Gasteiger partial charge in [-0.3, -0.25) is 4.79 Å². The van der Waals surface area contributed by atoms with Crippen molar-refractivity contribution in [2.75, 3.05) is 25.2 Å². The zero-order valence-corrected chi connectivity index (χ0v) is 16.3. The van der Waals surface area contributed by atoms with Crippen LogP contribution in [0.4, 0.5) is 14.5 Å². The van der Waals surface area contributed by atoms with Gasteiger partial charge in [0.2, 0.25) is 0 Å². The molecule has 6 nitrogen and oxygen atoms in total. The lowest BCUT2D eigenvalue weighted by atomic mass is 10.0. The van der Waals surface area contributed by atoms with Crippen molar-refractivity contribution in [3.63, 3.8) is 0 Å². The van der Waals surface area contributed by atoms with E-state index in [1.807, 2.05) is 12.1 Å². The molecule has 2 aromatic carbocycles. The maximum atomic E-state index is 12.8. The van der Waals surface area contributed by atoms with Crippen molar-refractivity contribution in [1.82, 2.24) is 0 Å². The van der Waals surface area contributed by atoms with Gasteiger partial charge in [-0.1, -0.05) is 18.2 Å². The Balaban J connectivity index is 1.82. The second-order valence-electron chi connectivity index (χ2n) is 6.43. The van der Waals surface area contributed by atoms with Crippen LogP contribution < -0.4 is 19.1 Å². The Labute approximate surface area is 172 Å². The molecule has 1 aliphatic heterocycles. The number of anilines is 1. The van der Waals surface area contributed by atoms with E-state index in [0.29, 0.717) is 35.7 Å².